The maximum absolute atomic E-state index is 2.31. The van der Waals surface area contributed by atoms with E-state index in [1.807, 2.05) is 0 Å². The lowest BCUT2D eigenvalue weighted by Crippen LogP contribution is -2.31. The molecule has 0 amide bonds. The van der Waals surface area contributed by atoms with Gasteiger partial charge in [0.25, 0.3) is 0 Å². The summed E-state index contributed by atoms with van der Waals surface area (Å²) in [6, 6.07) is 36.4. The highest BCUT2D eigenvalue weighted by atomic mass is 14.4. The van der Waals surface area contributed by atoms with E-state index in [2.05, 4.69) is 248 Å². The SMILES string of the molecule is [CH]1[CH][CH][C](/C=C/c2ccc(C(c3ccc(/C=C/[C]4[CH][CH][CH][CH]4)cc3)(c3ccc(/C=C/[C]4[CH][CH][CH][CH]4)cc3)c3ccc(/C=C/[C]4[CH][CH][CH][CH]4)cc3)cc2)[CH]1. The molecule has 0 bridgehead atoms. The Morgan fingerprint density at radius 2 is 0.415 bits per heavy atom. The van der Waals surface area contributed by atoms with Crippen molar-refractivity contribution >= 4 is 24.3 Å². The molecule has 0 N–H and O–H groups in total. The zero-order valence-electron chi connectivity index (χ0n) is 29.6. The summed E-state index contributed by atoms with van der Waals surface area (Å²) in [5, 5.41) is 0. The van der Waals surface area contributed by atoms with Crippen molar-refractivity contribution in [2.75, 3.05) is 0 Å². The van der Waals surface area contributed by atoms with Gasteiger partial charge in [0.15, 0.2) is 0 Å². The number of allylic oxidation sites excluding steroid dienone is 4. The molecule has 0 heteroatoms. The second-order valence-corrected chi connectivity index (χ2v) is 13.4. The van der Waals surface area contributed by atoms with Crippen molar-refractivity contribution < 1.29 is 0 Å². The van der Waals surface area contributed by atoms with E-state index in [0.717, 1.165) is 22.3 Å². The van der Waals surface area contributed by atoms with Gasteiger partial charge in [-0.2, -0.15) is 0 Å². The molecule has 0 aromatic heterocycles. The molecule has 252 valence electrons. The van der Waals surface area contributed by atoms with Gasteiger partial charge in [-0.25, -0.2) is 0 Å². The van der Waals surface area contributed by atoms with Crippen molar-refractivity contribution in [3.8, 4) is 0 Å². The van der Waals surface area contributed by atoms with Crippen molar-refractivity contribution in [1.82, 2.24) is 0 Å². The summed E-state index contributed by atoms with van der Waals surface area (Å²) in [7, 11) is 0. The molecule has 0 spiro atoms. The Morgan fingerprint density at radius 1 is 0.226 bits per heavy atom. The minimum atomic E-state index is -0.580. The molecule has 4 aliphatic carbocycles. The summed E-state index contributed by atoms with van der Waals surface area (Å²) >= 11 is 0. The van der Waals surface area contributed by atoms with Crippen LogP contribution in [0, 0.1) is 126 Å². The Balaban J connectivity index is 1.21. The van der Waals surface area contributed by atoms with E-state index >= 15 is 0 Å². The van der Waals surface area contributed by atoms with Gasteiger partial charge in [-0.1, -0.05) is 146 Å². The van der Waals surface area contributed by atoms with Crippen LogP contribution in [0.3, 0.4) is 0 Å². The highest BCUT2D eigenvalue weighted by molar-refractivity contribution is 5.67. The largest absolute Gasteiger partial charge is 0.0762 e. The summed E-state index contributed by atoms with van der Waals surface area (Å²) in [6.07, 6.45) is 51.1. The van der Waals surface area contributed by atoms with E-state index in [9.17, 15) is 0 Å². The first-order chi connectivity index (χ1) is 26.2. The lowest BCUT2D eigenvalue weighted by atomic mass is 9.64. The molecule has 4 saturated carbocycles. The maximum Gasteiger partial charge on any atom is 0.0701 e. The first-order valence-electron chi connectivity index (χ1n) is 18.2. The van der Waals surface area contributed by atoms with Gasteiger partial charge in [0.1, 0.15) is 0 Å². The predicted octanol–water partition coefficient (Wildman–Crippen LogP) is 11.7. The van der Waals surface area contributed by atoms with Crippen LogP contribution in [0.1, 0.15) is 44.5 Å². The van der Waals surface area contributed by atoms with Crippen molar-refractivity contribution in [2.45, 2.75) is 5.41 Å². The number of hydrogen-bond acceptors (Lipinski definition) is 0. The van der Waals surface area contributed by atoms with Crippen LogP contribution in [-0.4, -0.2) is 0 Å². The standard InChI is InChI=1S/C53H40/c1-2-10-41(9-1)17-21-45-25-33-49(34-26-45)53(50-35-27-46(28-36-50)22-18-42-11-3-4-12-42,51-37-29-47(30-38-51)23-19-43-13-5-6-14-43)52-39-31-48(32-40-52)24-20-44-15-7-8-16-44/h1-40H/b21-17+,22-18+,23-19+,24-20+. The van der Waals surface area contributed by atoms with Gasteiger partial charge < -0.3 is 0 Å². The Hall–Kier alpha value is -4.16. The molecule has 0 unspecified atom stereocenters. The summed E-state index contributed by atoms with van der Waals surface area (Å²) in [6.45, 7) is 0. The van der Waals surface area contributed by atoms with E-state index in [1.54, 1.807) is 0 Å². The minimum absolute atomic E-state index is 0.580. The fourth-order valence-corrected chi connectivity index (χ4v) is 7.15. The van der Waals surface area contributed by atoms with Gasteiger partial charge in [-0.05, 0) is 147 Å². The summed E-state index contributed by atoms with van der Waals surface area (Å²) in [5.41, 5.74) is 8.92. The van der Waals surface area contributed by atoms with Gasteiger partial charge in [0.2, 0.25) is 0 Å². The van der Waals surface area contributed by atoms with Crippen molar-refractivity contribution in [3.05, 3.63) is 292 Å². The Labute approximate surface area is 320 Å². The molecule has 0 atom stereocenters. The molecular weight excluding hydrogens is 637 g/mol. The highest BCUT2D eigenvalue weighted by Gasteiger charge is 2.38. The third-order valence-corrected chi connectivity index (χ3v) is 10.0. The van der Waals surface area contributed by atoms with Crippen molar-refractivity contribution in [1.29, 1.82) is 0 Å². The predicted molar refractivity (Wildman–Crippen MR) is 223 cm³/mol. The van der Waals surface area contributed by atoms with Crippen LogP contribution in [0.2, 0.25) is 0 Å². The summed E-state index contributed by atoms with van der Waals surface area (Å²) < 4.78 is 0. The van der Waals surface area contributed by atoms with Gasteiger partial charge in [0, 0.05) is 23.7 Å². The second-order valence-electron chi connectivity index (χ2n) is 13.4. The smallest absolute Gasteiger partial charge is 0.0701 e. The lowest BCUT2D eigenvalue weighted by Gasteiger charge is -2.37. The van der Waals surface area contributed by atoms with Crippen LogP contribution >= 0.6 is 0 Å². The third-order valence-electron chi connectivity index (χ3n) is 10.0. The van der Waals surface area contributed by atoms with Crippen LogP contribution in [0.15, 0.2) is 121 Å². The van der Waals surface area contributed by atoms with Crippen LogP contribution < -0.4 is 0 Å². The normalized spacial score (nSPS) is 19.8. The molecule has 0 nitrogen and oxygen atoms in total. The van der Waals surface area contributed by atoms with Crippen molar-refractivity contribution in [3.63, 3.8) is 0 Å². The van der Waals surface area contributed by atoms with Crippen LogP contribution in [0.25, 0.3) is 24.3 Å². The van der Waals surface area contributed by atoms with Crippen molar-refractivity contribution in [2.24, 2.45) is 0 Å². The van der Waals surface area contributed by atoms with Crippen LogP contribution in [0.5, 0.6) is 0 Å². The number of hydrogen-bond donors (Lipinski definition) is 0. The van der Waals surface area contributed by atoms with Gasteiger partial charge in [-0.15, -0.1) is 0 Å². The average molecular weight is 677 g/mol. The highest BCUT2D eigenvalue weighted by Crippen LogP contribution is 2.46. The van der Waals surface area contributed by atoms with Gasteiger partial charge in [-0.3, -0.25) is 0 Å². The molecule has 4 aliphatic rings. The van der Waals surface area contributed by atoms with E-state index in [4.69, 9.17) is 0 Å². The average Bonchev–Trinajstić information content (AvgIpc) is 4.07. The topological polar surface area (TPSA) is 0 Å². The molecule has 20 radical (unpaired) electrons. The lowest BCUT2D eigenvalue weighted by molar-refractivity contribution is 0.744. The quantitative estimate of drug-likeness (QED) is 0.131. The van der Waals surface area contributed by atoms with Gasteiger partial charge in [0.05, 0.1) is 5.41 Å². The third kappa shape index (κ3) is 8.64. The fraction of sp³-hybridized carbons (Fsp3) is 0.0189. The molecular formula is C53H40. The molecule has 4 aromatic carbocycles. The zero-order chi connectivity index (χ0) is 35.7. The Morgan fingerprint density at radius 3 is 0.604 bits per heavy atom. The monoisotopic (exact) mass is 676 g/mol. The second kappa shape index (κ2) is 17.3. The summed E-state index contributed by atoms with van der Waals surface area (Å²) in [4.78, 5) is 0. The molecule has 4 aromatic rings. The fourth-order valence-electron chi connectivity index (χ4n) is 7.15. The first kappa shape index (κ1) is 35.8. The van der Waals surface area contributed by atoms with Crippen LogP contribution in [-0.2, 0) is 5.41 Å². The molecule has 8 rings (SSSR count). The number of benzene rings is 4. The molecule has 0 heterocycles. The Bertz CT molecular complexity index is 1550. The molecule has 0 saturated heterocycles. The molecule has 0 aliphatic heterocycles. The zero-order valence-corrected chi connectivity index (χ0v) is 29.6. The van der Waals surface area contributed by atoms with E-state index in [-0.39, 0.29) is 0 Å². The minimum Gasteiger partial charge on any atom is -0.0762 e. The molecule has 53 heavy (non-hydrogen) atoms. The van der Waals surface area contributed by atoms with E-state index < -0.39 is 5.41 Å². The van der Waals surface area contributed by atoms with Gasteiger partial charge >= 0.3 is 0 Å². The maximum atomic E-state index is 2.31. The molecule has 4 fully saturated rings. The van der Waals surface area contributed by atoms with Crippen LogP contribution in [0.4, 0.5) is 0 Å². The van der Waals surface area contributed by atoms with E-state index in [0.29, 0.717) is 0 Å². The first-order valence-corrected chi connectivity index (χ1v) is 18.2. The summed E-state index contributed by atoms with van der Waals surface area (Å²) in [5.74, 6) is 4.82. The van der Waals surface area contributed by atoms with E-state index in [1.165, 1.54) is 45.9 Å². The number of rotatable bonds is 12. The Kier molecular flexibility index (Phi) is 11.7.